The zero-order valence-corrected chi connectivity index (χ0v) is 24.9. The molecule has 1 N–H and O–H groups in total. The van der Waals surface area contributed by atoms with Gasteiger partial charge in [-0.3, -0.25) is 4.79 Å². The molecule has 0 aliphatic carbocycles. The normalized spacial score (nSPS) is 17.8. The van der Waals surface area contributed by atoms with Gasteiger partial charge < -0.3 is 19.7 Å². The minimum atomic E-state index is -0.893. The van der Waals surface area contributed by atoms with Crippen molar-refractivity contribution in [3.63, 3.8) is 0 Å². The van der Waals surface area contributed by atoms with Crippen LogP contribution in [0.15, 0.2) is 36.4 Å². The molecule has 210 valence electrons. The number of fused-ring (bicyclic) bond motifs is 1. The zero-order valence-electron chi connectivity index (χ0n) is 24.2. The van der Waals surface area contributed by atoms with Crippen LogP contribution in [0.4, 0.5) is 21.0 Å². The molecular weight excluding hydrogens is 518 g/mol. The van der Waals surface area contributed by atoms with Crippen molar-refractivity contribution in [3.8, 4) is 0 Å². The summed E-state index contributed by atoms with van der Waals surface area (Å²) in [7, 11) is 0. The summed E-state index contributed by atoms with van der Waals surface area (Å²) in [5.41, 5.74) is 0.844. The summed E-state index contributed by atoms with van der Waals surface area (Å²) in [5, 5.41) is 4.23. The van der Waals surface area contributed by atoms with Gasteiger partial charge in [0.05, 0.1) is 29.7 Å². The van der Waals surface area contributed by atoms with Gasteiger partial charge in [-0.05, 0) is 97.2 Å². The lowest BCUT2D eigenvalue weighted by atomic mass is 9.79. The van der Waals surface area contributed by atoms with E-state index in [9.17, 15) is 14.4 Å². The van der Waals surface area contributed by atoms with Crippen molar-refractivity contribution in [2.24, 2.45) is 0 Å². The van der Waals surface area contributed by atoms with Crippen LogP contribution in [0, 0.1) is 6.92 Å². The maximum atomic E-state index is 13.3. The van der Waals surface area contributed by atoms with E-state index in [1.54, 1.807) is 45.6 Å². The van der Waals surface area contributed by atoms with E-state index in [4.69, 9.17) is 21.1 Å². The predicted octanol–water partition coefficient (Wildman–Crippen LogP) is 6.77. The Balaban J connectivity index is 1.71. The van der Waals surface area contributed by atoms with Gasteiger partial charge in [0.2, 0.25) is 5.91 Å². The topological polar surface area (TPSA) is 88.2 Å². The first kappa shape index (κ1) is 28.7. The number of imide groups is 1. The molecule has 0 radical (unpaired) electrons. The molecule has 0 spiro atoms. The van der Waals surface area contributed by atoms with E-state index in [0.717, 1.165) is 21.6 Å². The SMILES string of the molecule is Cc1c(Cl)cccc1C1(Nc2ccc3c(c2)N(C(=O)OC(C)(C)C)C(=O)C3(C)C)CN(C(=O)OC(C)(C)C)C1. The quantitative estimate of drug-likeness (QED) is 0.450. The van der Waals surface area contributed by atoms with Crippen LogP contribution >= 0.6 is 11.6 Å². The van der Waals surface area contributed by atoms with Crippen LogP contribution in [0.1, 0.15) is 72.1 Å². The van der Waals surface area contributed by atoms with Crippen LogP contribution in [0.5, 0.6) is 0 Å². The van der Waals surface area contributed by atoms with E-state index < -0.39 is 34.3 Å². The maximum absolute atomic E-state index is 13.3. The van der Waals surface area contributed by atoms with Crippen LogP contribution in [0.25, 0.3) is 0 Å². The van der Waals surface area contributed by atoms with Crippen LogP contribution in [0.3, 0.4) is 0 Å². The van der Waals surface area contributed by atoms with Gasteiger partial charge in [-0.1, -0.05) is 29.8 Å². The second kappa shape index (κ2) is 9.44. The predicted molar refractivity (Wildman–Crippen MR) is 152 cm³/mol. The second-order valence-electron chi connectivity index (χ2n) is 12.9. The fourth-order valence-electron chi connectivity index (χ4n) is 5.10. The highest BCUT2D eigenvalue weighted by Gasteiger charge is 2.51. The molecule has 2 heterocycles. The molecule has 0 bridgehead atoms. The van der Waals surface area contributed by atoms with Gasteiger partial charge in [-0.2, -0.15) is 0 Å². The smallest absolute Gasteiger partial charge is 0.421 e. The molecule has 3 amide bonds. The van der Waals surface area contributed by atoms with Crippen LogP contribution in [-0.2, 0) is 25.2 Å². The Bertz CT molecular complexity index is 1330. The first-order valence-corrected chi connectivity index (χ1v) is 13.5. The molecule has 4 rings (SSSR count). The van der Waals surface area contributed by atoms with Crippen molar-refractivity contribution in [2.75, 3.05) is 23.3 Å². The van der Waals surface area contributed by atoms with E-state index in [2.05, 4.69) is 5.32 Å². The summed E-state index contributed by atoms with van der Waals surface area (Å²) < 4.78 is 11.2. The molecule has 39 heavy (non-hydrogen) atoms. The summed E-state index contributed by atoms with van der Waals surface area (Å²) in [5.74, 6) is -0.343. The van der Waals surface area contributed by atoms with E-state index >= 15 is 0 Å². The average Bonchev–Trinajstić information content (AvgIpc) is 2.95. The third-order valence-corrected chi connectivity index (χ3v) is 7.38. The lowest BCUT2D eigenvalue weighted by molar-refractivity contribution is -0.121. The number of likely N-dealkylation sites (tertiary alicyclic amines) is 1. The van der Waals surface area contributed by atoms with Crippen LogP contribution in [-0.4, -0.2) is 47.3 Å². The third-order valence-electron chi connectivity index (χ3n) is 6.97. The van der Waals surface area contributed by atoms with Crippen molar-refractivity contribution in [1.29, 1.82) is 0 Å². The fraction of sp³-hybridized carbons (Fsp3) is 0.500. The number of rotatable bonds is 3. The number of benzene rings is 2. The van der Waals surface area contributed by atoms with Crippen molar-refractivity contribution < 1.29 is 23.9 Å². The van der Waals surface area contributed by atoms with Gasteiger partial charge in [-0.15, -0.1) is 0 Å². The molecule has 2 aliphatic heterocycles. The number of nitrogens with one attached hydrogen (secondary N) is 1. The van der Waals surface area contributed by atoms with Crippen LogP contribution in [0.2, 0.25) is 5.02 Å². The number of hydrogen-bond acceptors (Lipinski definition) is 6. The van der Waals surface area contributed by atoms with Crippen LogP contribution < -0.4 is 10.2 Å². The summed E-state index contributed by atoms with van der Waals surface area (Å²) >= 11 is 6.49. The Labute approximate surface area is 235 Å². The van der Waals surface area contributed by atoms with E-state index in [1.165, 1.54) is 0 Å². The van der Waals surface area contributed by atoms with Gasteiger partial charge in [0.1, 0.15) is 11.2 Å². The molecule has 2 aromatic rings. The number of carbonyl (C=O) groups is 3. The summed E-state index contributed by atoms with van der Waals surface area (Å²) in [4.78, 5) is 42.0. The highest BCUT2D eigenvalue weighted by atomic mass is 35.5. The van der Waals surface area contributed by atoms with Crippen molar-refractivity contribution >= 4 is 41.1 Å². The number of anilines is 2. The van der Waals surface area contributed by atoms with Gasteiger partial charge in [0, 0.05) is 10.7 Å². The minimum absolute atomic E-state index is 0.343. The monoisotopic (exact) mass is 555 g/mol. The number of amides is 3. The van der Waals surface area contributed by atoms with Gasteiger partial charge in [-0.25, -0.2) is 14.5 Å². The standard InChI is InChI=1S/C30H38ClN3O5/c1-18-20(11-10-12-22(18)31)30(16-33(17-30)25(36)38-27(2,3)4)32-19-13-14-21-23(15-19)34(24(35)29(21,8)9)26(37)39-28(5,6)7/h10-15,32H,16-17H2,1-9H3. The summed E-state index contributed by atoms with van der Waals surface area (Å²) in [6.07, 6.45) is -1.10. The molecule has 1 fully saturated rings. The molecule has 9 heteroatoms. The molecule has 0 saturated carbocycles. The molecule has 2 aliphatic rings. The van der Waals surface area contributed by atoms with Gasteiger partial charge >= 0.3 is 12.2 Å². The lowest BCUT2D eigenvalue weighted by Crippen LogP contribution is -2.65. The number of halogens is 1. The Kier molecular flexibility index (Phi) is 6.95. The van der Waals surface area contributed by atoms with E-state index in [1.807, 2.05) is 58.0 Å². The number of nitrogens with zero attached hydrogens (tertiary/aromatic N) is 2. The third kappa shape index (κ3) is 5.44. The number of ether oxygens (including phenoxy) is 2. The first-order valence-electron chi connectivity index (χ1n) is 13.1. The summed E-state index contributed by atoms with van der Waals surface area (Å²) in [6, 6.07) is 11.3. The zero-order chi connectivity index (χ0) is 29.1. The highest BCUT2D eigenvalue weighted by Crippen LogP contribution is 2.45. The second-order valence-corrected chi connectivity index (χ2v) is 13.3. The van der Waals surface area contributed by atoms with Crippen molar-refractivity contribution in [1.82, 2.24) is 4.90 Å². The lowest BCUT2D eigenvalue weighted by Gasteiger charge is -2.51. The Morgan fingerprint density at radius 3 is 2.10 bits per heavy atom. The van der Waals surface area contributed by atoms with E-state index in [0.29, 0.717) is 29.5 Å². The van der Waals surface area contributed by atoms with Crippen molar-refractivity contribution in [2.45, 2.75) is 84.5 Å². The van der Waals surface area contributed by atoms with Crippen molar-refractivity contribution in [3.05, 3.63) is 58.1 Å². The Morgan fingerprint density at radius 2 is 1.51 bits per heavy atom. The number of carbonyl (C=O) groups excluding carboxylic acids is 3. The molecule has 8 nitrogen and oxygen atoms in total. The molecule has 0 atom stereocenters. The fourth-order valence-corrected chi connectivity index (χ4v) is 5.27. The largest absolute Gasteiger partial charge is 0.444 e. The average molecular weight is 556 g/mol. The molecule has 1 saturated heterocycles. The van der Waals surface area contributed by atoms with E-state index in [-0.39, 0.29) is 5.91 Å². The molecular formula is C30H38ClN3O5. The van der Waals surface area contributed by atoms with Gasteiger partial charge in [0.15, 0.2) is 0 Å². The van der Waals surface area contributed by atoms with Gasteiger partial charge in [0.25, 0.3) is 0 Å². The minimum Gasteiger partial charge on any atom is -0.444 e. The Hall–Kier alpha value is -3.26. The molecule has 0 aromatic heterocycles. The molecule has 2 aromatic carbocycles. The Morgan fingerprint density at radius 1 is 0.923 bits per heavy atom. The first-order chi connectivity index (χ1) is 17.8. The number of hydrogen-bond donors (Lipinski definition) is 1. The summed E-state index contributed by atoms with van der Waals surface area (Å²) in [6.45, 7) is 17.0. The highest BCUT2D eigenvalue weighted by molar-refractivity contribution is 6.31. The molecule has 0 unspecified atom stereocenters. The maximum Gasteiger partial charge on any atom is 0.421 e.